The number of benzene rings is 1. The van der Waals surface area contributed by atoms with Crippen LogP contribution in [0.3, 0.4) is 0 Å². The molecule has 0 saturated carbocycles. The van der Waals surface area contributed by atoms with Crippen LogP contribution in [0.15, 0.2) is 16.6 Å². The molecule has 1 aromatic carbocycles. The van der Waals surface area contributed by atoms with Gasteiger partial charge in [-0.1, -0.05) is 6.92 Å². The van der Waals surface area contributed by atoms with Crippen molar-refractivity contribution in [2.45, 2.75) is 19.4 Å². The van der Waals surface area contributed by atoms with Crippen molar-refractivity contribution in [1.82, 2.24) is 0 Å². The zero-order chi connectivity index (χ0) is 11.4. The van der Waals surface area contributed by atoms with Crippen molar-refractivity contribution in [3.05, 3.63) is 22.2 Å². The van der Waals surface area contributed by atoms with E-state index in [-0.39, 0.29) is 0 Å². The van der Waals surface area contributed by atoms with Crippen LogP contribution in [0, 0.1) is 0 Å². The first-order chi connectivity index (χ1) is 7.15. The Morgan fingerprint density at radius 2 is 2.00 bits per heavy atom. The molecule has 4 heteroatoms. The molecule has 1 N–H and O–H groups in total. The molecular weight excluding hydrogens is 260 g/mol. The Kier molecular flexibility index (Phi) is 4.42. The summed E-state index contributed by atoms with van der Waals surface area (Å²) < 4.78 is 11.1. The Balaban J connectivity index is 3.24. The molecule has 0 aliphatic rings. The maximum Gasteiger partial charge on any atom is 0.142 e. The summed E-state index contributed by atoms with van der Waals surface area (Å²) in [5, 5.41) is 9.79. The Hall–Kier alpha value is -0.740. The van der Waals surface area contributed by atoms with Gasteiger partial charge in [0.25, 0.3) is 0 Å². The molecule has 0 aliphatic carbocycles. The van der Waals surface area contributed by atoms with Gasteiger partial charge < -0.3 is 14.6 Å². The van der Waals surface area contributed by atoms with Crippen molar-refractivity contribution in [1.29, 1.82) is 0 Å². The lowest BCUT2D eigenvalue weighted by Crippen LogP contribution is -2.01. The average molecular weight is 275 g/mol. The van der Waals surface area contributed by atoms with Crippen LogP contribution < -0.4 is 9.47 Å². The van der Waals surface area contributed by atoms with Gasteiger partial charge in [-0.15, -0.1) is 0 Å². The van der Waals surface area contributed by atoms with E-state index in [9.17, 15) is 5.11 Å². The van der Waals surface area contributed by atoms with Gasteiger partial charge in [-0.05, 0) is 34.5 Å². The quantitative estimate of drug-likeness (QED) is 0.918. The zero-order valence-corrected chi connectivity index (χ0v) is 10.7. The second-order valence-corrected chi connectivity index (χ2v) is 3.92. The number of aliphatic hydroxyl groups excluding tert-OH is 1. The highest BCUT2D eigenvalue weighted by Crippen LogP contribution is 2.40. The molecule has 0 aromatic heterocycles. The highest BCUT2D eigenvalue weighted by atomic mass is 79.9. The third-order valence-electron chi connectivity index (χ3n) is 2.26. The Bertz CT molecular complexity index is 339. The second-order valence-electron chi connectivity index (χ2n) is 3.13. The van der Waals surface area contributed by atoms with Gasteiger partial charge in [0.1, 0.15) is 16.0 Å². The summed E-state index contributed by atoms with van der Waals surface area (Å²) in [6.07, 6.45) is 0.136. The van der Waals surface area contributed by atoms with Crippen molar-refractivity contribution < 1.29 is 14.6 Å². The van der Waals surface area contributed by atoms with Crippen LogP contribution >= 0.6 is 15.9 Å². The number of methoxy groups -OCH3 is 2. The van der Waals surface area contributed by atoms with Gasteiger partial charge in [0.15, 0.2) is 0 Å². The molecule has 0 heterocycles. The third kappa shape index (κ3) is 2.44. The molecule has 0 spiro atoms. The van der Waals surface area contributed by atoms with Crippen molar-refractivity contribution in [2.75, 3.05) is 14.2 Å². The minimum atomic E-state index is -0.512. The maximum atomic E-state index is 9.79. The van der Waals surface area contributed by atoms with E-state index in [1.165, 1.54) is 0 Å². The van der Waals surface area contributed by atoms with Crippen molar-refractivity contribution >= 4 is 15.9 Å². The summed E-state index contributed by atoms with van der Waals surface area (Å²) in [5.74, 6) is 1.32. The van der Waals surface area contributed by atoms with Gasteiger partial charge in [0.05, 0.1) is 20.3 Å². The van der Waals surface area contributed by atoms with Crippen LogP contribution in [0.4, 0.5) is 0 Å². The number of halogens is 1. The topological polar surface area (TPSA) is 38.7 Å². The number of aliphatic hydroxyl groups is 1. The zero-order valence-electron chi connectivity index (χ0n) is 9.08. The first-order valence-corrected chi connectivity index (χ1v) is 5.53. The van der Waals surface area contributed by atoms with Crippen molar-refractivity contribution in [3.8, 4) is 11.5 Å². The van der Waals surface area contributed by atoms with Gasteiger partial charge in [-0.25, -0.2) is 0 Å². The largest absolute Gasteiger partial charge is 0.495 e. The predicted molar refractivity (Wildman–Crippen MR) is 62.5 cm³/mol. The number of ether oxygens (including phenoxy) is 2. The molecule has 1 aromatic rings. The van der Waals surface area contributed by atoms with E-state index in [0.29, 0.717) is 17.9 Å². The highest BCUT2D eigenvalue weighted by molar-refractivity contribution is 9.10. The van der Waals surface area contributed by atoms with E-state index in [4.69, 9.17) is 9.47 Å². The van der Waals surface area contributed by atoms with Crippen molar-refractivity contribution in [2.24, 2.45) is 0 Å². The molecule has 15 heavy (non-hydrogen) atoms. The standard InChI is InChI=1S/C11H15BrO3/c1-4-8(13)7-5-6-9(14-2)10(12)11(7)15-3/h5-6,8,13H,4H2,1-3H3/t8-/m0/s1. The van der Waals surface area contributed by atoms with Crippen LogP contribution in [0.5, 0.6) is 11.5 Å². The van der Waals surface area contributed by atoms with E-state index in [2.05, 4.69) is 15.9 Å². The first-order valence-electron chi connectivity index (χ1n) is 4.74. The van der Waals surface area contributed by atoms with Crippen LogP contribution in [0.1, 0.15) is 25.0 Å². The smallest absolute Gasteiger partial charge is 0.142 e. The summed E-state index contributed by atoms with van der Waals surface area (Å²) in [4.78, 5) is 0. The monoisotopic (exact) mass is 274 g/mol. The molecule has 0 radical (unpaired) electrons. The lowest BCUT2D eigenvalue weighted by Gasteiger charge is -2.16. The Labute approximate surface area is 98.1 Å². The molecule has 0 fully saturated rings. The molecule has 3 nitrogen and oxygen atoms in total. The minimum absolute atomic E-state index is 0.512. The molecular formula is C11H15BrO3. The van der Waals surface area contributed by atoms with E-state index in [0.717, 1.165) is 10.0 Å². The minimum Gasteiger partial charge on any atom is -0.495 e. The van der Waals surface area contributed by atoms with Crippen LogP contribution in [0.2, 0.25) is 0 Å². The summed E-state index contributed by atoms with van der Waals surface area (Å²) in [6.45, 7) is 1.92. The molecule has 1 rings (SSSR count). The van der Waals surface area contributed by atoms with Crippen LogP contribution in [-0.4, -0.2) is 19.3 Å². The maximum absolute atomic E-state index is 9.79. The van der Waals surface area contributed by atoms with E-state index in [1.807, 2.05) is 13.0 Å². The number of rotatable bonds is 4. The number of hydrogen-bond donors (Lipinski definition) is 1. The van der Waals surface area contributed by atoms with Gasteiger partial charge in [-0.3, -0.25) is 0 Å². The van der Waals surface area contributed by atoms with Gasteiger partial charge in [-0.2, -0.15) is 0 Å². The Morgan fingerprint density at radius 3 is 2.47 bits per heavy atom. The van der Waals surface area contributed by atoms with E-state index >= 15 is 0 Å². The second kappa shape index (κ2) is 5.37. The fraction of sp³-hybridized carbons (Fsp3) is 0.455. The fourth-order valence-corrected chi connectivity index (χ4v) is 2.09. The number of hydrogen-bond acceptors (Lipinski definition) is 3. The molecule has 0 aliphatic heterocycles. The van der Waals surface area contributed by atoms with E-state index < -0.39 is 6.10 Å². The van der Waals surface area contributed by atoms with Crippen LogP contribution in [0.25, 0.3) is 0 Å². The lowest BCUT2D eigenvalue weighted by atomic mass is 10.1. The predicted octanol–water partition coefficient (Wildman–Crippen LogP) is 2.91. The SMILES string of the molecule is CC[C@H](O)c1ccc(OC)c(Br)c1OC. The molecule has 0 unspecified atom stereocenters. The van der Waals surface area contributed by atoms with Gasteiger partial charge in [0.2, 0.25) is 0 Å². The fourth-order valence-electron chi connectivity index (χ4n) is 1.40. The normalized spacial score (nSPS) is 12.3. The van der Waals surface area contributed by atoms with Crippen LogP contribution in [-0.2, 0) is 0 Å². The summed E-state index contributed by atoms with van der Waals surface area (Å²) in [7, 11) is 3.17. The summed E-state index contributed by atoms with van der Waals surface area (Å²) in [5.41, 5.74) is 0.771. The summed E-state index contributed by atoms with van der Waals surface area (Å²) >= 11 is 3.39. The summed E-state index contributed by atoms with van der Waals surface area (Å²) in [6, 6.07) is 3.62. The first kappa shape index (κ1) is 12.3. The average Bonchev–Trinajstić information content (AvgIpc) is 2.27. The molecule has 1 atom stereocenters. The highest BCUT2D eigenvalue weighted by Gasteiger charge is 2.17. The Morgan fingerprint density at radius 1 is 1.33 bits per heavy atom. The molecule has 0 saturated heterocycles. The third-order valence-corrected chi connectivity index (χ3v) is 3.01. The lowest BCUT2D eigenvalue weighted by molar-refractivity contribution is 0.169. The van der Waals surface area contributed by atoms with Gasteiger partial charge in [0, 0.05) is 5.56 Å². The molecule has 0 bridgehead atoms. The van der Waals surface area contributed by atoms with E-state index in [1.54, 1.807) is 20.3 Å². The van der Waals surface area contributed by atoms with Crippen molar-refractivity contribution in [3.63, 3.8) is 0 Å². The molecule has 0 amide bonds. The molecule has 84 valence electrons. The van der Waals surface area contributed by atoms with Gasteiger partial charge >= 0.3 is 0 Å².